The van der Waals surface area contributed by atoms with Crippen molar-refractivity contribution in [3.63, 3.8) is 0 Å². The van der Waals surface area contributed by atoms with Gasteiger partial charge < -0.3 is 15.0 Å². The molecule has 0 radical (unpaired) electrons. The maximum atomic E-state index is 12.9. The highest BCUT2D eigenvalue weighted by atomic mass is 35.5. The third kappa shape index (κ3) is 5.47. The molecule has 1 atom stereocenters. The SMILES string of the molecule is CNC(=O)[C@H](C)N(Cc1cccc(Cl)c1)C(=O)COc1cccc(C)c1C. The standard InChI is InChI=1S/C21H25ClN2O3/c1-14-7-5-10-19(15(14)2)27-13-20(25)24(16(3)21(26)23-4)12-17-8-6-9-18(22)11-17/h5-11,16H,12-13H2,1-4H3,(H,23,26)/t16-/m0/s1. The van der Waals surface area contributed by atoms with Gasteiger partial charge in [-0.05, 0) is 55.7 Å². The van der Waals surface area contributed by atoms with Gasteiger partial charge in [0.25, 0.3) is 5.91 Å². The second-order valence-corrected chi connectivity index (χ2v) is 6.86. The van der Waals surface area contributed by atoms with E-state index in [4.69, 9.17) is 16.3 Å². The Morgan fingerprint density at radius 1 is 1.19 bits per heavy atom. The molecule has 2 amide bonds. The van der Waals surface area contributed by atoms with Gasteiger partial charge in [-0.15, -0.1) is 0 Å². The number of amides is 2. The summed E-state index contributed by atoms with van der Waals surface area (Å²) in [6.45, 7) is 5.75. The monoisotopic (exact) mass is 388 g/mol. The molecule has 2 aromatic carbocycles. The molecule has 0 saturated heterocycles. The summed E-state index contributed by atoms with van der Waals surface area (Å²) in [5.74, 6) is 0.155. The first-order chi connectivity index (χ1) is 12.8. The van der Waals surface area contributed by atoms with E-state index >= 15 is 0 Å². The zero-order valence-electron chi connectivity index (χ0n) is 16.1. The fourth-order valence-corrected chi connectivity index (χ4v) is 2.94. The number of carbonyl (C=O) groups excluding carboxylic acids is 2. The van der Waals surface area contributed by atoms with Crippen molar-refractivity contribution in [2.75, 3.05) is 13.7 Å². The lowest BCUT2D eigenvalue weighted by Crippen LogP contribution is -2.48. The predicted molar refractivity (Wildman–Crippen MR) is 107 cm³/mol. The molecule has 0 unspecified atom stereocenters. The lowest BCUT2D eigenvalue weighted by molar-refractivity contribution is -0.142. The van der Waals surface area contributed by atoms with Gasteiger partial charge >= 0.3 is 0 Å². The molecule has 0 bridgehead atoms. The van der Waals surface area contributed by atoms with Crippen LogP contribution in [0.5, 0.6) is 5.75 Å². The molecule has 0 heterocycles. The van der Waals surface area contributed by atoms with Gasteiger partial charge in [-0.2, -0.15) is 0 Å². The fourth-order valence-electron chi connectivity index (χ4n) is 2.73. The summed E-state index contributed by atoms with van der Waals surface area (Å²) in [7, 11) is 1.55. The third-order valence-corrected chi connectivity index (χ3v) is 4.80. The van der Waals surface area contributed by atoms with Crippen LogP contribution >= 0.6 is 11.6 Å². The summed E-state index contributed by atoms with van der Waals surface area (Å²) in [6.07, 6.45) is 0. The highest BCUT2D eigenvalue weighted by molar-refractivity contribution is 6.30. The molecule has 144 valence electrons. The summed E-state index contributed by atoms with van der Waals surface area (Å²) in [4.78, 5) is 26.5. The van der Waals surface area contributed by atoms with E-state index in [1.807, 2.05) is 44.2 Å². The zero-order chi connectivity index (χ0) is 20.0. The number of aryl methyl sites for hydroxylation is 1. The molecule has 0 fully saturated rings. The van der Waals surface area contributed by atoms with Crippen LogP contribution in [-0.4, -0.2) is 36.4 Å². The number of rotatable bonds is 7. The van der Waals surface area contributed by atoms with E-state index in [1.54, 1.807) is 26.1 Å². The van der Waals surface area contributed by atoms with Crippen molar-refractivity contribution in [3.8, 4) is 5.75 Å². The average Bonchev–Trinajstić information content (AvgIpc) is 2.66. The fraction of sp³-hybridized carbons (Fsp3) is 0.333. The Balaban J connectivity index is 2.17. The van der Waals surface area contributed by atoms with Crippen molar-refractivity contribution in [2.24, 2.45) is 0 Å². The molecule has 0 spiro atoms. The average molecular weight is 389 g/mol. The minimum Gasteiger partial charge on any atom is -0.483 e. The van der Waals surface area contributed by atoms with Gasteiger partial charge in [0.05, 0.1) is 0 Å². The van der Waals surface area contributed by atoms with E-state index in [1.165, 1.54) is 4.90 Å². The number of benzene rings is 2. The molecular weight excluding hydrogens is 364 g/mol. The number of carbonyl (C=O) groups is 2. The van der Waals surface area contributed by atoms with E-state index in [2.05, 4.69) is 5.32 Å². The molecule has 5 nitrogen and oxygen atoms in total. The van der Waals surface area contributed by atoms with Gasteiger partial charge in [-0.1, -0.05) is 35.9 Å². The van der Waals surface area contributed by atoms with Gasteiger partial charge in [-0.25, -0.2) is 0 Å². The Labute approximate surface area is 165 Å². The Kier molecular flexibility index (Phi) is 7.25. The molecule has 2 aromatic rings. The van der Waals surface area contributed by atoms with Gasteiger partial charge in [-0.3, -0.25) is 9.59 Å². The van der Waals surface area contributed by atoms with Crippen molar-refractivity contribution in [3.05, 3.63) is 64.2 Å². The first kappa shape index (κ1) is 20.8. The maximum absolute atomic E-state index is 12.9. The second kappa shape index (κ2) is 9.42. The lowest BCUT2D eigenvalue weighted by atomic mass is 10.1. The molecule has 0 aromatic heterocycles. The number of hydrogen-bond donors (Lipinski definition) is 1. The topological polar surface area (TPSA) is 58.6 Å². The van der Waals surface area contributed by atoms with Crippen molar-refractivity contribution in [2.45, 2.75) is 33.4 Å². The molecule has 0 aliphatic carbocycles. The van der Waals surface area contributed by atoms with Crippen LogP contribution in [-0.2, 0) is 16.1 Å². The van der Waals surface area contributed by atoms with E-state index in [0.29, 0.717) is 10.8 Å². The van der Waals surface area contributed by atoms with E-state index in [-0.39, 0.29) is 25.0 Å². The number of hydrogen-bond acceptors (Lipinski definition) is 3. The van der Waals surface area contributed by atoms with Crippen LogP contribution < -0.4 is 10.1 Å². The molecule has 1 N–H and O–H groups in total. The highest BCUT2D eigenvalue weighted by Crippen LogP contribution is 2.21. The first-order valence-electron chi connectivity index (χ1n) is 8.78. The number of likely N-dealkylation sites (N-methyl/N-ethyl adjacent to an activating group) is 1. The van der Waals surface area contributed by atoms with Crippen LogP contribution in [0.15, 0.2) is 42.5 Å². The zero-order valence-corrected chi connectivity index (χ0v) is 16.8. The van der Waals surface area contributed by atoms with Crippen molar-refractivity contribution in [1.29, 1.82) is 0 Å². The number of ether oxygens (including phenoxy) is 1. The van der Waals surface area contributed by atoms with Crippen LogP contribution in [0.1, 0.15) is 23.6 Å². The van der Waals surface area contributed by atoms with Gasteiger partial charge in [0, 0.05) is 18.6 Å². The van der Waals surface area contributed by atoms with Crippen LogP contribution in [0.3, 0.4) is 0 Å². The second-order valence-electron chi connectivity index (χ2n) is 6.43. The quantitative estimate of drug-likeness (QED) is 0.789. The molecule has 0 saturated carbocycles. The largest absolute Gasteiger partial charge is 0.483 e. The van der Waals surface area contributed by atoms with Crippen molar-refractivity contribution >= 4 is 23.4 Å². The van der Waals surface area contributed by atoms with Crippen LogP contribution in [0, 0.1) is 13.8 Å². The summed E-state index contributed by atoms with van der Waals surface area (Å²) < 4.78 is 5.74. The molecule has 0 aliphatic heterocycles. The molecule has 2 rings (SSSR count). The van der Waals surface area contributed by atoms with E-state index in [0.717, 1.165) is 16.7 Å². The maximum Gasteiger partial charge on any atom is 0.261 e. The predicted octanol–water partition coefficient (Wildman–Crippen LogP) is 3.50. The van der Waals surface area contributed by atoms with Crippen LogP contribution in [0.4, 0.5) is 0 Å². The molecule has 27 heavy (non-hydrogen) atoms. The summed E-state index contributed by atoms with van der Waals surface area (Å²) in [5.41, 5.74) is 2.93. The first-order valence-corrected chi connectivity index (χ1v) is 9.15. The van der Waals surface area contributed by atoms with Crippen molar-refractivity contribution < 1.29 is 14.3 Å². The minimum absolute atomic E-state index is 0.147. The van der Waals surface area contributed by atoms with Gasteiger partial charge in [0.2, 0.25) is 5.91 Å². The Bertz CT molecular complexity index is 823. The van der Waals surface area contributed by atoms with Crippen LogP contribution in [0.25, 0.3) is 0 Å². The van der Waals surface area contributed by atoms with E-state index in [9.17, 15) is 9.59 Å². The summed E-state index contributed by atoms with van der Waals surface area (Å²) in [5, 5.41) is 3.17. The third-order valence-electron chi connectivity index (χ3n) is 4.56. The molecule has 0 aliphatic rings. The Morgan fingerprint density at radius 2 is 1.89 bits per heavy atom. The Hall–Kier alpha value is -2.53. The summed E-state index contributed by atoms with van der Waals surface area (Å²) in [6, 6.07) is 12.3. The number of nitrogens with zero attached hydrogens (tertiary/aromatic N) is 1. The van der Waals surface area contributed by atoms with Crippen LogP contribution in [0.2, 0.25) is 5.02 Å². The minimum atomic E-state index is -0.635. The van der Waals surface area contributed by atoms with Gasteiger partial charge in [0.15, 0.2) is 6.61 Å². The van der Waals surface area contributed by atoms with Gasteiger partial charge in [0.1, 0.15) is 11.8 Å². The lowest BCUT2D eigenvalue weighted by Gasteiger charge is -2.28. The molecular formula is C21H25ClN2O3. The highest BCUT2D eigenvalue weighted by Gasteiger charge is 2.26. The molecule has 6 heteroatoms. The normalized spacial score (nSPS) is 11.6. The summed E-state index contributed by atoms with van der Waals surface area (Å²) >= 11 is 6.04. The smallest absolute Gasteiger partial charge is 0.261 e. The van der Waals surface area contributed by atoms with Crippen molar-refractivity contribution in [1.82, 2.24) is 10.2 Å². The number of halogens is 1. The van der Waals surface area contributed by atoms with E-state index < -0.39 is 6.04 Å². The Morgan fingerprint density at radius 3 is 2.56 bits per heavy atom. The number of nitrogens with one attached hydrogen (secondary N) is 1.